The summed E-state index contributed by atoms with van der Waals surface area (Å²) in [7, 11) is 0. The van der Waals surface area contributed by atoms with Crippen LogP contribution in [0.15, 0.2) is 53.8 Å². The molecule has 0 atom stereocenters. The lowest BCUT2D eigenvalue weighted by atomic mass is 10.2. The van der Waals surface area contributed by atoms with Crippen LogP contribution in [0, 0.1) is 0 Å². The van der Waals surface area contributed by atoms with Crippen LogP contribution in [-0.4, -0.2) is 29.2 Å². The molecule has 0 aliphatic rings. The van der Waals surface area contributed by atoms with Gasteiger partial charge in [0, 0.05) is 6.20 Å². The van der Waals surface area contributed by atoms with Gasteiger partial charge in [0.2, 0.25) is 5.88 Å². The zero-order valence-electron chi connectivity index (χ0n) is 10.8. The number of oxime groups is 1. The van der Waals surface area contributed by atoms with Crippen LogP contribution in [0.5, 0.6) is 11.6 Å². The smallest absolute Gasteiger partial charge is 0.224 e. The summed E-state index contributed by atoms with van der Waals surface area (Å²) in [5.74, 6) is 1.03. The molecule has 20 heavy (non-hydrogen) atoms. The third kappa shape index (κ3) is 3.61. The number of hydrogen-bond donors (Lipinski definition) is 2. The molecule has 104 valence electrons. The van der Waals surface area contributed by atoms with Crippen molar-refractivity contribution in [1.29, 1.82) is 0 Å². The van der Waals surface area contributed by atoms with E-state index in [4.69, 9.17) is 20.4 Å². The number of amidine groups is 1. The van der Waals surface area contributed by atoms with Crippen LogP contribution in [-0.2, 0) is 0 Å². The molecular weight excluding hydrogens is 258 g/mol. The highest BCUT2D eigenvalue weighted by Crippen LogP contribution is 2.14. The fourth-order valence-electron chi connectivity index (χ4n) is 1.57. The van der Waals surface area contributed by atoms with Crippen molar-refractivity contribution in [3.05, 3.63) is 54.2 Å². The molecule has 0 radical (unpaired) electrons. The predicted octanol–water partition coefficient (Wildman–Crippen LogP) is 1.63. The number of nitrogens with two attached hydrogens (primary N) is 1. The number of aromatic nitrogens is 1. The maximum atomic E-state index is 8.69. The fraction of sp³-hybridized carbons (Fsp3) is 0.143. The first kappa shape index (κ1) is 13.7. The van der Waals surface area contributed by atoms with E-state index in [1.165, 1.54) is 0 Å². The van der Waals surface area contributed by atoms with Gasteiger partial charge in [0.05, 0.1) is 5.56 Å². The van der Waals surface area contributed by atoms with Crippen molar-refractivity contribution in [1.82, 2.24) is 4.98 Å². The van der Waals surface area contributed by atoms with Crippen LogP contribution < -0.4 is 15.2 Å². The van der Waals surface area contributed by atoms with Crippen LogP contribution in [0.2, 0.25) is 0 Å². The third-order valence-corrected chi connectivity index (χ3v) is 2.49. The lowest BCUT2D eigenvalue weighted by Gasteiger charge is -2.10. The molecule has 3 N–H and O–H groups in total. The second-order valence-electron chi connectivity index (χ2n) is 3.85. The molecule has 6 heteroatoms. The Labute approximate surface area is 116 Å². The SMILES string of the molecule is N/C(=N\O)c1cccnc1OCCOc1ccccc1. The molecule has 1 aromatic carbocycles. The predicted molar refractivity (Wildman–Crippen MR) is 74.2 cm³/mol. The topological polar surface area (TPSA) is 90.0 Å². The molecule has 0 aliphatic heterocycles. The van der Waals surface area contributed by atoms with Crippen molar-refractivity contribution >= 4 is 5.84 Å². The lowest BCUT2D eigenvalue weighted by Crippen LogP contribution is -2.17. The minimum Gasteiger partial charge on any atom is -0.490 e. The van der Waals surface area contributed by atoms with Crippen LogP contribution in [0.4, 0.5) is 0 Å². The van der Waals surface area contributed by atoms with E-state index in [9.17, 15) is 0 Å². The van der Waals surface area contributed by atoms with Crippen LogP contribution in [0.3, 0.4) is 0 Å². The molecule has 0 saturated heterocycles. The van der Waals surface area contributed by atoms with Crippen molar-refractivity contribution in [3.8, 4) is 11.6 Å². The minimum atomic E-state index is -0.0444. The Bertz CT molecular complexity index is 573. The van der Waals surface area contributed by atoms with Gasteiger partial charge in [-0.1, -0.05) is 23.4 Å². The Morgan fingerprint density at radius 2 is 1.85 bits per heavy atom. The summed E-state index contributed by atoms with van der Waals surface area (Å²) in [6.45, 7) is 0.674. The van der Waals surface area contributed by atoms with Gasteiger partial charge in [-0.15, -0.1) is 0 Å². The van der Waals surface area contributed by atoms with Gasteiger partial charge in [-0.25, -0.2) is 4.98 Å². The Morgan fingerprint density at radius 3 is 2.60 bits per heavy atom. The lowest BCUT2D eigenvalue weighted by molar-refractivity contribution is 0.211. The first-order chi connectivity index (χ1) is 9.81. The Morgan fingerprint density at radius 1 is 1.10 bits per heavy atom. The van der Waals surface area contributed by atoms with E-state index in [0.29, 0.717) is 24.7 Å². The van der Waals surface area contributed by atoms with E-state index in [-0.39, 0.29) is 5.84 Å². The monoisotopic (exact) mass is 273 g/mol. The summed E-state index contributed by atoms with van der Waals surface area (Å²) < 4.78 is 11.0. The van der Waals surface area contributed by atoms with Crippen molar-refractivity contribution in [2.24, 2.45) is 10.9 Å². The largest absolute Gasteiger partial charge is 0.490 e. The van der Waals surface area contributed by atoms with Crippen LogP contribution in [0.1, 0.15) is 5.56 Å². The number of benzene rings is 1. The Kier molecular flexibility index (Phi) is 4.77. The number of para-hydroxylation sites is 1. The first-order valence-corrected chi connectivity index (χ1v) is 6.05. The van der Waals surface area contributed by atoms with Crippen molar-refractivity contribution in [3.63, 3.8) is 0 Å². The highest BCUT2D eigenvalue weighted by atomic mass is 16.5. The molecule has 2 aromatic rings. The zero-order valence-corrected chi connectivity index (χ0v) is 10.8. The molecule has 0 aliphatic carbocycles. The molecule has 0 bridgehead atoms. The number of hydrogen-bond acceptors (Lipinski definition) is 5. The highest BCUT2D eigenvalue weighted by molar-refractivity contribution is 5.98. The van der Waals surface area contributed by atoms with E-state index in [1.807, 2.05) is 30.3 Å². The Hall–Kier alpha value is -2.76. The average Bonchev–Trinajstić information content (AvgIpc) is 2.52. The second-order valence-corrected chi connectivity index (χ2v) is 3.85. The highest BCUT2D eigenvalue weighted by Gasteiger charge is 2.08. The number of pyridine rings is 1. The Balaban J connectivity index is 1.88. The number of rotatable bonds is 6. The molecule has 0 amide bonds. The van der Waals surface area contributed by atoms with Crippen LogP contribution >= 0.6 is 0 Å². The average molecular weight is 273 g/mol. The summed E-state index contributed by atoms with van der Waals surface area (Å²) >= 11 is 0. The molecule has 2 rings (SSSR count). The van der Waals surface area contributed by atoms with Crippen molar-refractivity contribution in [2.45, 2.75) is 0 Å². The van der Waals surface area contributed by atoms with E-state index in [1.54, 1.807) is 18.3 Å². The molecule has 0 fully saturated rings. The maximum Gasteiger partial charge on any atom is 0.224 e. The fourth-order valence-corrected chi connectivity index (χ4v) is 1.57. The number of ether oxygens (including phenoxy) is 2. The molecule has 0 spiro atoms. The maximum absolute atomic E-state index is 8.69. The standard InChI is InChI=1S/C14H15N3O3/c15-13(17-18)12-7-4-8-16-14(12)20-10-9-19-11-5-2-1-3-6-11/h1-8,18H,9-10H2,(H2,15,17). The van der Waals surface area contributed by atoms with E-state index < -0.39 is 0 Å². The van der Waals surface area contributed by atoms with Gasteiger partial charge in [-0.3, -0.25) is 0 Å². The van der Waals surface area contributed by atoms with E-state index in [2.05, 4.69) is 10.1 Å². The zero-order chi connectivity index (χ0) is 14.2. The number of nitrogens with zero attached hydrogens (tertiary/aromatic N) is 2. The van der Waals surface area contributed by atoms with E-state index >= 15 is 0 Å². The van der Waals surface area contributed by atoms with Gasteiger partial charge in [-0.2, -0.15) is 0 Å². The van der Waals surface area contributed by atoms with Gasteiger partial charge in [0.15, 0.2) is 5.84 Å². The first-order valence-electron chi connectivity index (χ1n) is 6.05. The van der Waals surface area contributed by atoms with Crippen molar-refractivity contribution in [2.75, 3.05) is 13.2 Å². The second kappa shape index (κ2) is 6.98. The molecule has 0 unspecified atom stereocenters. The molecule has 0 saturated carbocycles. The van der Waals surface area contributed by atoms with Gasteiger partial charge in [0.25, 0.3) is 0 Å². The third-order valence-electron chi connectivity index (χ3n) is 2.49. The van der Waals surface area contributed by atoms with Crippen molar-refractivity contribution < 1.29 is 14.7 Å². The summed E-state index contributed by atoms with van der Waals surface area (Å²) in [4.78, 5) is 4.04. The van der Waals surface area contributed by atoms with Gasteiger partial charge in [0.1, 0.15) is 19.0 Å². The quantitative estimate of drug-likeness (QED) is 0.274. The van der Waals surface area contributed by atoms with E-state index in [0.717, 1.165) is 5.75 Å². The van der Waals surface area contributed by atoms with Gasteiger partial charge in [-0.05, 0) is 24.3 Å². The summed E-state index contributed by atoms with van der Waals surface area (Å²) in [5.41, 5.74) is 5.98. The summed E-state index contributed by atoms with van der Waals surface area (Å²) in [6, 6.07) is 12.8. The summed E-state index contributed by atoms with van der Waals surface area (Å²) in [6.07, 6.45) is 1.57. The molecule has 1 aromatic heterocycles. The van der Waals surface area contributed by atoms with Crippen LogP contribution in [0.25, 0.3) is 0 Å². The van der Waals surface area contributed by atoms with Gasteiger partial charge < -0.3 is 20.4 Å². The molecular formula is C14H15N3O3. The minimum absolute atomic E-state index is 0.0444. The molecule has 1 heterocycles. The normalized spacial score (nSPS) is 11.1. The molecule has 6 nitrogen and oxygen atoms in total. The van der Waals surface area contributed by atoms with Gasteiger partial charge >= 0.3 is 0 Å². The summed E-state index contributed by atoms with van der Waals surface area (Å²) in [5, 5.41) is 11.6.